The Morgan fingerprint density at radius 2 is 0.706 bits per heavy atom. The van der Waals surface area contributed by atoms with E-state index in [0.717, 1.165) is 180 Å². The summed E-state index contributed by atoms with van der Waals surface area (Å²) in [5, 5.41) is 31.6. The van der Waals surface area contributed by atoms with E-state index in [1.165, 1.54) is 0 Å². The van der Waals surface area contributed by atoms with Gasteiger partial charge in [-0.3, -0.25) is 14.4 Å². The van der Waals surface area contributed by atoms with Gasteiger partial charge in [0, 0.05) is 19.3 Å². The number of carbonyl (C=O) groups excluding carboxylic acids is 3. The molecule has 6 atom stereocenters. The summed E-state index contributed by atoms with van der Waals surface area (Å²) in [6, 6.07) is 0. The zero-order chi connectivity index (χ0) is 61.7. The quantitative estimate of drug-likeness (QED) is 0.0228. The van der Waals surface area contributed by atoms with E-state index < -0.39 is 67.3 Å². The Kier molecular flexibility index (Phi) is 53.8. The summed E-state index contributed by atoms with van der Waals surface area (Å²) in [6.45, 7) is 5.63. The van der Waals surface area contributed by atoms with Gasteiger partial charge in [-0.25, -0.2) is 4.79 Å². The Morgan fingerprint density at radius 3 is 1.07 bits per heavy atom. The fourth-order valence-corrected chi connectivity index (χ4v) is 8.99. The number of aliphatic hydroxyl groups is 2. The molecule has 1 aliphatic heterocycles. The molecule has 0 radical (unpaired) electrons. The Balaban J connectivity index is 2.70. The van der Waals surface area contributed by atoms with Gasteiger partial charge in [0.15, 0.2) is 24.6 Å². The first-order chi connectivity index (χ1) is 41.6. The van der Waals surface area contributed by atoms with Gasteiger partial charge in [0.2, 0.25) is 0 Å². The van der Waals surface area contributed by atoms with E-state index >= 15 is 0 Å². The number of carbonyl (C=O) groups is 4. The van der Waals surface area contributed by atoms with E-state index in [0.29, 0.717) is 19.3 Å². The van der Waals surface area contributed by atoms with Crippen molar-refractivity contribution in [3.8, 4) is 0 Å². The maximum Gasteiger partial charge on any atom is 0.335 e. The molecule has 12 nitrogen and oxygen atoms in total. The van der Waals surface area contributed by atoms with Crippen molar-refractivity contribution < 1.29 is 58.2 Å². The average Bonchev–Trinajstić information content (AvgIpc) is 3.51. The van der Waals surface area contributed by atoms with Gasteiger partial charge in [0.1, 0.15) is 18.8 Å². The van der Waals surface area contributed by atoms with Gasteiger partial charge in [0.05, 0.1) is 6.61 Å². The second-order valence-corrected chi connectivity index (χ2v) is 21.6. The van der Waals surface area contributed by atoms with E-state index in [4.69, 9.17) is 23.7 Å². The molecular formula is C73H114O12. The van der Waals surface area contributed by atoms with Gasteiger partial charge in [-0.15, -0.1) is 0 Å². The lowest BCUT2D eigenvalue weighted by atomic mass is 9.98. The molecule has 3 N–H and O–H groups in total. The molecule has 0 aliphatic carbocycles. The van der Waals surface area contributed by atoms with Gasteiger partial charge in [0.25, 0.3) is 0 Å². The first-order valence-electron chi connectivity index (χ1n) is 32.8. The highest BCUT2D eigenvalue weighted by Gasteiger charge is 2.50. The molecule has 12 heteroatoms. The van der Waals surface area contributed by atoms with Crippen LogP contribution in [-0.4, -0.2) is 89.2 Å². The maximum atomic E-state index is 13.2. The third-order valence-corrected chi connectivity index (χ3v) is 13.9. The Bertz CT molecular complexity index is 2030. The van der Waals surface area contributed by atoms with Crippen LogP contribution in [-0.2, 0) is 42.9 Å². The summed E-state index contributed by atoms with van der Waals surface area (Å²) >= 11 is 0. The summed E-state index contributed by atoms with van der Waals surface area (Å²) in [5.74, 6) is -3.21. The highest BCUT2D eigenvalue weighted by molar-refractivity contribution is 5.74. The first-order valence-corrected chi connectivity index (χ1v) is 32.8. The van der Waals surface area contributed by atoms with Crippen LogP contribution in [0.1, 0.15) is 239 Å². The minimum atomic E-state index is -1.92. The van der Waals surface area contributed by atoms with Gasteiger partial charge in [-0.05, 0) is 135 Å². The van der Waals surface area contributed by atoms with Crippen LogP contribution in [0.25, 0.3) is 0 Å². The first kappa shape index (κ1) is 77.6. The van der Waals surface area contributed by atoms with Crippen molar-refractivity contribution >= 4 is 23.9 Å². The molecule has 1 aliphatic rings. The number of esters is 3. The summed E-state index contributed by atoms with van der Waals surface area (Å²) in [6.07, 6.45) is 72.2. The molecule has 0 spiro atoms. The second kappa shape index (κ2) is 59.0. The monoisotopic (exact) mass is 1180 g/mol. The highest BCUT2D eigenvalue weighted by Crippen LogP contribution is 2.26. The standard InChI is InChI=1S/C73H114O12/c1-4-7-10-13-16-19-22-25-28-31-33-36-38-41-44-47-50-53-56-59-65(74)81-62-64(83-66(75)60-57-54-51-48-45-42-39-35-30-27-24-21-18-15-12-9-6-3)63-82-73-71(69(78)68(77)70(85-73)72(79)80)84-67(76)61-58-55-52-49-46-43-40-37-34-32-29-26-23-20-17-14-11-8-5-2/h7-12,16-21,25-30,33-34,36-37,39,42,64,68-71,73,77-78H,4-6,13-15,22-24,31-32,35,38,40-41,43-63H2,1-3H3,(H,79,80)/b10-7-,11-8-,12-9-,19-16-,20-17-,21-18-,28-25-,29-26-,30-27-,36-33-,37-34-,42-39-. The van der Waals surface area contributed by atoms with Crippen molar-refractivity contribution in [2.24, 2.45) is 0 Å². The predicted octanol–water partition coefficient (Wildman–Crippen LogP) is 17.9. The van der Waals surface area contributed by atoms with Crippen molar-refractivity contribution in [2.45, 2.75) is 276 Å². The smallest absolute Gasteiger partial charge is 0.335 e. The minimum absolute atomic E-state index is 0.0314. The van der Waals surface area contributed by atoms with Crippen molar-refractivity contribution in [2.75, 3.05) is 13.2 Å². The van der Waals surface area contributed by atoms with Gasteiger partial charge in [-0.2, -0.15) is 0 Å². The molecule has 0 aromatic heterocycles. The minimum Gasteiger partial charge on any atom is -0.479 e. The van der Waals surface area contributed by atoms with Gasteiger partial charge >= 0.3 is 23.9 Å². The number of hydrogen-bond acceptors (Lipinski definition) is 11. The van der Waals surface area contributed by atoms with E-state index in [2.05, 4.69) is 167 Å². The maximum absolute atomic E-state index is 13.2. The molecule has 85 heavy (non-hydrogen) atoms. The Labute approximate surface area is 514 Å². The number of allylic oxidation sites excluding steroid dienone is 24. The van der Waals surface area contributed by atoms with Crippen molar-refractivity contribution in [1.29, 1.82) is 0 Å². The van der Waals surface area contributed by atoms with Crippen LogP contribution < -0.4 is 0 Å². The molecule has 1 rings (SSSR count). The number of rotatable bonds is 54. The lowest BCUT2D eigenvalue weighted by Gasteiger charge is -2.40. The SMILES string of the molecule is CC/C=C\C/C=C\C/C=C\C/C=C\CCCCCCCCC(=O)OCC(COC1OC(C(=O)O)C(O)C(O)C1OC(=O)CCCCCCCC/C=C\C/C=C\C/C=C\C/C=C\CC)OC(=O)CCCCCC/C=C\C/C=C\C/C=C\C/C=C\CC. The Hall–Kier alpha value is -5.40. The number of aliphatic hydroxyl groups excluding tert-OH is 2. The topological polar surface area (TPSA) is 175 Å². The van der Waals surface area contributed by atoms with Gasteiger partial charge in [-0.1, -0.05) is 231 Å². The molecule has 0 saturated carbocycles. The van der Waals surface area contributed by atoms with Crippen LogP contribution in [0.4, 0.5) is 0 Å². The lowest BCUT2D eigenvalue weighted by molar-refractivity contribution is -0.301. The summed E-state index contributed by atoms with van der Waals surface area (Å²) in [5.41, 5.74) is 0. The van der Waals surface area contributed by atoms with Crippen LogP contribution in [0, 0.1) is 0 Å². The Morgan fingerprint density at radius 1 is 0.388 bits per heavy atom. The largest absolute Gasteiger partial charge is 0.479 e. The number of unbranched alkanes of at least 4 members (excludes halogenated alkanes) is 16. The number of carboxylic acid groups (broad SMARTS) is 1. The fraction of sp³-hybridized carbons (Fsp3) is 0.616. The number of carboxylic acids is 1. The van der Waals surface area contributed by atoms with Crippen LogP contribution in [0.3, 0.4) is 0 Å². The number of hydrogen-bond donors (Lipinski definition) is 3. The zero-order valence-electron chi connectivity index (χ0n) is 52.8. The molecule has 0 aromatic carbocycles. The summed E-state index contributed by atoms with van der Waals surface area (Å²) in [7, 11) is 0. The van der Waals surface area contributed by atoms with Crippen molar-refractivity contribution in [3.05, 3.63) is 146 Å². The molecule has 0 amide bonds. The normalized spacial score (nSPS) is 18.4. The van der Waals surface area contributed by atoms with Gasteiger partial charge < -0.3 is 39.0 Å². The van der Waals surface area contributed by atoms with Crippen LogP contribution in [0.2, 0.25) is 0 Å². The van der Waals surface area contributed by atoms with E-state index in [1.54, 1.807) is 0 Å². The molecule has 478 valence electrons. The summed E-state index contributed by atoms with van der Waals surface area (Å²) in [4.78, 5) is 51.4. The van der Waals surface area contributed by atoms with E-state index in [9.17, 15) is 34.5 Å². The fourth-order valence-electron chi connectivity index (χ4n) is 8.99. The molecule has 1 fully saturated rings. The van der Waals surface area contributed by atoms with E-state index in [-0.39, 0.29) is 25.9 Å². The second-order valence-electron chi connectivity index (χ2n) is 21.6. The zero-order valence-corrected chi connectivity index (χ0v) is 52.8. The molecule has 6 unspecified atom stereocenters. The van der Waals surface area contributed by atoms with Crippen molar-refractivity contribution in [1.82, 2.24) is 0 Å². The lowest BCUT2D eigenvalue weighted by Crippen LogP contribution is -2.61. The number of ether oxygens (including phenoxy) is 5. The molecule has 0 bridgehead atoms. The average molecular weight is 1180 g/mol. The highest BCUT2D eigenvalue weighted by atomic mass is 16.7. The van der Waals surface area contributed by atoms with Crippen LogP contribution in [0.5, 0.6) is 0 Å². The third kappa shape index (κ3) is 48.4. The molecular weight excluding hydrogens is 1070 g/mol. The third-order valence-electron chi connectivity index (χ3n) is 13.9. The molecule has 1 heterocycles. The van der Waals surface area contributed by atoms with Crippen molar-refractivity contribution in [3.63, 3.8) is 0 Å². The van der Waals surface area contributed by atoms with Crippen LogP contribution in [0.15, 0.2) is 146 Å². The molecule has 0 aromatic rings. The predicted molar refractivity (Wildman–Crippen MR) is 349 cm³/mol. The molecule has 1 saturated heterocycles. The van der Waals surface area contributed by atoms with E-state index in [1.807, 2.05) is 0 Å². The summed E-state index contributed by atoms with van der Waals surface area (Å²) < 4.78 is 28.5. The van der Waals surface area contributed by atoms with Crippen LogP contribution >= 0.6 is 0 Å². The number of aliphatic carboxylic acids is 1.